The van der Waals surface area contributed by atoms with Gasteiger partial charge in [0.25, 0.3) is 6.01 Å². The molecule has 5 nitrogen and oxygen atoms in total. The number of aromatic nitrogens is 1. The number of oxazole rings is 1. The Morgan fingerprint density at radius 3 is 2.50 bits per heavy atom. The lowest BCUT2D eigenvalue weighted by Gasteiger charge is -2.20. The van der Waals surface area contributed by atoms with E-state index < -0.39 is 0 Å². The maximum atomic E-state index is 5.97. The molecule has 0 amide bonds. The van der Waals surface area contributed by atoms with Crippen LogP contribution in [0.1, 0.15) is 23.1 Å². The van der Waals surface area contributed by atoms with Crippen molar-refractivity contribution in [3.8, 4) is 5.75 Å². The largest absolute Gasteiger partial charge is 0.489 e. The maximum Gasteiger partial charge on any atom is 0.298 e. The number of rotatable bonds is 9. The molecule has 0 unspecified atom stereocenters. The van der Waals surface area contributed by atoms with Crippen LogP contribution in [0.3, 0.4) is 0 Å². The van der Waals surface area contributed by atoms with Gasteiger partial charge in [0, 0.05) is 13.1 Å². The number of nitrogens with zero attached hydrogens (tertiary/aromatic N) is 2. The predicted octanol–water partition coefficient (Wildman–Crippen LogP) is 5.07. The van der Waals surface area contributed by atoms with Gasteiger partial charge in [-0.3, -0.25) is 0 Å². The standard InChI is InChI=1S/C25H27N3O2/c1-19-7-2-3-8-21(19)18-29-22-13-11-20(12-14-22)17-28(16-6-15-26)25-27-23-9-4-5-10-24(23)30-25/h2-5,7-14H,6,15-18,26H2,1H3. The highest BCUT2D eigenvalue weighted by molar-refractivity contribution is 5.74. The monoisotopic (exact) mass is 401 g/mol. The number of aryl methyl sites for hydroxylation is 1. The van der Waals surface area contributed by atoms with Crippen LogP contribution in [-0.2, 0) is 13.2 Å². The van der Waals surface area contributed by atoms with Crippen LogP contribution in [0.2, 0.25) is 0 Å². The second-order valence-electron chi connectivity index (χ2n) is 7.39. The average molecular weight is 402 g/mol. The zero-order valence-corrected chi connectivity index (χ0v) is 17.3. The first-order valence-corrected chi connectivity index (χ1v) is 10.3. The highest BCUT2D eigenvalue weighted by Crippen LogP contribution is 2.24. The summed E-state index contributed by atoms with van der Waals surface area (Å²) in [5, 5.41) is 0. The molecule has 1 heterocycles. The van der Waals surface area contributed by atoms with E-state index >= 15 is 0 Å². The quantitative estimate of drug-likeness (QED) is 0.424. The van der Waals surface area contributed by atoms with Crippen molar-refractivity contribution in [2.45, 2.75) is 26.5 Å². The molecule has 4 aromatic rings. The minimum Gasteiger partial charge on any atom is -0.489 e. The highest BCUT2D eigenvalue weighted by Gasteiger charge is 2.14. The number of anilines is 1. The molecule has 0 saturated carbocycles. The van der Waals surface area contributed by atoms with Gasteiger partial charge in [0.1, 0.15) is 17.9 Å². The normalized spacial score (nSPS) is 11.0. The molecular weight excluding hydrogens is 374 g/mol. The smallest absolute Gasteiger partial charge is 0.298 e. The summed E-state index contributed by atoms with van der Waals surface area (Å²) < 4.78 is 11.9. The summed E-state index contributed by atoms with van der Waals surface area (Å²) in [7, 11) is 0. The lowest BCUT2D eigenvalue weighted by Crippen LogP contribution is -2.25. The third-order valence-electron chi connectivity index (χ3n) is 5.14. The summed E-state index contributed by atoms with van der Waals surface area (Å²) in [6, 6.07) is 24.9. The Bertz CT molecular complexity index is 1060. The number of para-hydroxylation sites is 2. The molecule has 0 aliphatic rings. The predicted molar refractivity (Wildman–Crippen MR) is 121 cm³/mol. The molecule has 3 aromatic carbocycles. The Labute approximate surface area is 177 Å². The highest BCUT2D eigenvalue weighted by atomic mass is 16.5. The van der Waals surface area contributed by atoms with Crippen molar-refractivity contribution in [1.82, 2.24) is 4.98 Å². The minimum absolute atomic E-state index is 0.567. The number of hydrogen-bond donors (Lipinski definition) is 1. The van der Waals surface area contributed by atoms with Gasteiger partial charge in [-0.15, -0.1) is 0 Å². The number of nitrogens with two attached hydrogens (primary N) is 1. The van der Waals surface area contributed by atoms with Crippen molar-refractivity contribution < 1.29 is 9.15 Å². The van der Waals surface area contributed by atoms with Crippen LogP contribution in [-0.4, -0.2) is 18.1 Å². The molecule has 0 bridgehead atoms. The van der Waals surface area contributed by atoms with Crippen molar-refractivity contribution >= 4 is 17.1 Å². The Morgan fingerprint density at radius 1 is 0.967 bits per heavy atom. The summed E-state index contributed by atoms with van der Waals surface area (Å²) in [6.07, 6.45) is 0.871. The second-order valence-corrected chi connectivity index (χ2v) is 7.39. The zero-order valence-electron chi connectivity index (χ0n) is 17.3. The third-order valence-corrected chi connectivity index (χ3v) is 5.14. The molecule has 154 valence electrons. The first-order chi connectivity index (χ1) is 14.7. The van der Waals surface area contributed by atoms with Crippen molar-refractivity contribution in [3.05, 3.63) is 89.5 Å². The molecule has 0 radical (unpaired) electrons. The Hall–Kier alpha value is -3.31. The van der Waals surface area contributed by atoms with E-state index in [1.165, 1.54) is 11.1 Å². The molecule has 2 N–H and O–H groups in total. The van der Waals surface area contributed by atoms with E-state index in [4.69, 9.17) is 14.9 Å². The lowest BCUT2D eigenvalue weighted by molar-refractivity contribution is 0.305. The van der Waals surface area contributed by atoms with Gasteiger partial charge in [-0.05, 0) is 60.8 Å². The van der Waals surface area contributed by atoms with Crippen LogP contribution in [0, 0.1) is 6.92 Å². The number of ether oxygens (including phenoxy) is 1. The van der Waals surface area contributed by atoms with Crippen LogP contribution in [0.15, 0.2) is 77.2 Å². The van der Waals surface area contributed by atoms with Gasteiger partial charge in [0.15, 0.2) is 5.58 Å². The fraction of sp³-hybridized carbons (Fsp3) is 0.240. The molecule has 0 aliphatic carbocycles. The number of benzene rings is 3. The van der Waals surface area contributed by atoms with E-state index in [9.17, 15) is 0 Å². The molecule has 0 atom stereocenters. The summed E-state index contributed by atoms with van der Waals surface area (Å²) in [5.41, 5.74) is 11.0. The zero-order chi connectivity index (χ0) is 20.8. The summed E-state index contributed by atoms with van der Waals surface area (Å²) in [6.45, 7) is 4.78. The number of hydrogen-bond acceptors (Lipinski definition) is 5. The van der Waals surface area contributed by atoms with Gasteiger partial charge < -0.3 is 19.8 Å². The van der Waals surface area contributed by atoms with Crippen molar-refractivity contribution in [1.29, 1.82) is 0 Å². The minimum atomic E-state index is 0.567. The molecular formula is C25H27N3O2. The Kier molecular flexibility index (Phi) is 6.30. The van der Waals surface area contributed by atoms with Crippen LogP contribution < -0.4 is 15.4 Å². The van der Waals surface area contributed by atoms with E-state index in [0.29, 0.717) is 25.7 Å². The SMILES string of the molecule is Cc1ccccc1COc1ccc(CN(CCCN)c2nc3ccccc3o2)cc1. The van der Waals surface area contributed by atoms with Crippen molar-refractivity contribution in [2.75, 3.05) is 18.0 Å². The van der Waals surface area contributed by atoms with E-state index in [1.807, 2.05) is 48.5 Å². The van der Waals surface area contributed by atoms with Gasteiger partial charge in [0.05, 0.1) is 0 Å². The second kappa shape index (κ2) is 9.46. The first-order valence-electron chi connectivity index (χ1n) is 10.3. The topological polar surface area (TPSA) is 64.5 Å². The molecule has 4 rings (SSSR count). The molecule has 1 aromatic heterocycles. The van der Waals surface area contributed by atoms with Crippen LogP contribution in [0.5, 0.6) is 5.75 Å². The van der Waals surface area contributed by atoms with Crippen molar-refractivity contribution in [3.63, 3.8) is 0 Å². The van der Waals surface area contributed by atoms with Gasteiger partial charge in [0.2, 0.25) is 0 Å². The van der Waals surface area contributed by atoms with E-state index in [-0.39, 0.29) is 0 Å². The summed E-state index contributed by atoms with van der Waals surface area (Å²) in [4.78, 5) is 6.78. The lowest BCUT2D eigenvalue weighted by atomic mass is 10.1. The molecule has 0 spiro atoms. The fourth-order valence-corrected chi connectivity index (χ4v) is 3.36. The fourth-order valence-electron chi connectivity index (χ4n) is 3.36. The molecule has 0 fully saturated rings. The molecule has 5 heteroatoms. The molecule has 0 aliphatic heterocycles. The van der Waals surface area contributed by atoms with E-state index in [1.54, 1.807) is 0 Å². The summed E-state index contributed by atoms with van der Waals surface area (Å²) >= 11 is 0. The Morgan fingerprint density at radius 2 is 1.73 bits per heavy atom. The molecule has 30 heavy (non-hydrogen) atoms. The number of fused-ring (bicyclic) bond motifs is 1. The average Bonchev–Trinajstić information content (AvgIpc) is 3.21. The van der Waals surface area contributed by atoms with Gasteiger partial charge in [-0.2, -0.15) is 4.98 Å². The van der Waals surface area contributed by atoms with Gasteiger partial charge >= 0.3 is 0 Å². The van der Waals surface area contributed by atoms with Gasteiger partial charge in [-0.1, -0.05) is 48.5 Å². The van der Waals surface area contributed by atoms with Gasteiger partial charge in [-0.25, -0.2) is 0 Å². The van der Waals surface area contributed by atoms with Crippen molar-refractivity contribution in [2.24, 2.45) is 5.73 Å². The van der Waals surface area contributed by atoms with Crippen LogP contribution >= 0.6 is 0 Å². The Balaban J connectivity index is 1.44. The summed E-state index contributed by atoms with van der Waals surface area (Å²) in [5.74, 6) is 0.859. The maximum absolute atomic E-state index is 5.97. The van der Waals surface area contributed by atoms with Crippen LogP contribution in [0.25, 0.3) is 11.1 Å². The van der Waals surface area contributed by atoms with E-state index in [2.05, 4.69) is 41.1 Å². The molecule has 0 saturated heterocycles. The van der Waals surface area contributed by atoms with E-state index in [0.717, 1.165) is 35.4 Å². The third kappa shape index (κ3) is 4.81. The van der Waals surface area contributed by atoms with Crippen LogP contribution in [0.4, 0.5) is 6.01 Å². The first kappa shape index (κ1) is 20.0.